The van der Waals surface area contributed by atoms with Gasteiger partial charge < -0.3 is 5.73 Å². The first kappa shape index (κ1) is 12.0. The van der Waals surface area contributed by atoms with Crippen molar-refractivity contribution in [3.8, 4) is 0 Å². The molecule has 90 valence electrons. The van der Waals surface area contributed by atoms with Crippen molar-refractivity contribution < 1.29 is 0 Å². The molecule has 0 spiro atoms. The Bertz CT molecular complexity index is 384. The van der Waals surface area contributed by atoms with Crippen LogP contribution in [0.25, 0.3) is 0 Å². The second-order valence-corrected chi connectivity index (χ2v) is 6.47. The van der Waals surface area contributed by atoms with Crippen LogP contribution in [0.1, 0.15) is 58.2 Å². The minimum absolute atomic E-state index is 0.0385. The van der Waals surface area contributed by atoms with E-state index in [2.05, 4.69) is 36.7 Å². The molecule has 1 aromatic heterocycles. The fraction of sp³-hybridized carbons (Fsp3) is 0.750. The zero-order valence-electron chi connectivity index (χ0n) is 10.3. The van der Waals surface area contributed by atoms with Gasteiger partial charge in [0.05, 0.1) is 16.2 Å². The van der Waals surface area contributed by atoms with Gasteiger partial charge in [-0.25, -0.2) is 4.68 Å². The van der Waals surface area contributed by atoms with Gasteiger partial charge in [-0.1, -0.05) is 33.6 Å². The van der Waals surface area contributed by atoms with Crippen molar-refractivity contribution in [1.29, 1.82) is 0 Å². The van der Waals surface area contributed by atoms with Crippen LogP contribution in [0.2, 0.25) is 0 Å². The van der Waals surface area contributed by atoms with Crippen molar-refractivity contribution >= 4 is 21.7 Å². The Balaban J connectivity index is 2.40. The molecule has 3 nitrogen and oxygen atoms in total. The molecule has 1 saturated carbocycles. The first-order valence-corrected chi connectivity index (χ1v) is 6.74. The maximum Gasteiger partial charge on any atom is 0.136 e. The molecule has 0 aliphatic heterocycles. The largest absolute Gasteiger partial charge is 0.383 e. The SMILES string of the molecule is CC(C)(C)c1nn(C2CCCC2)c(N)c1Br. The summed E-state index contributed by atoms with van der Waals surface area (Å²) in [6.07, 6.45) is 5.02. The van der Waals surface area contributed by atoms with E-state index >= 15 is 0 Å². The molecule has 2 N–H and O–H groups in total. The molecule has 0 aromatic carbocycles. The number of hydrogen-bond donors (Lipinski definition) is 1. The number of nitrogens with zero attached hydrogens (tertiary/aromatic N) is 2. The predicted molar refractivity (Wildman–Crippen MR) is 70.5 cm³/mol. The molecular weight excluding hydrogens is 266 g/mol. The summed E-state index contributed by atoms with van der Waals surface area (Å²) >= 11 is 3.58. The molecule has 16 heavy (non-hydrogen) atoms. The van der Waals surface area contributed by atoms with E-state index in [1.807, 2.05) is 4.68 Å². The summed E-state index contributed by atoms with van der Waals surface area (Å²) in [6, 6.07) is 0.507. The maximum absolute atomic E-state index is 6.13. The third-order valence-electron chi connectivity index (χ3n) is 3.27. The van der Waals surface area contributed by atoms with Crippen LogP contribution in [0.5, 0.6) is 0 Å². The lowest BCUT2D eigenvalue weighted by atomic mass is 9.92. The standard InChI is InChI=1S/C12H20BrN3/c1-12(2,3)10-9(13)11(14)16(15-10)8-6-4-5-7-8/h8H,4-7,14H2,1-3H3. The lowest BCUT2D eigenvalue weighted by Gasteiger charge is -2.16. The average molecular weight is 286 g/mol. The zero-order chi connectivity index (χ0) is 11.9. The Hall–Kier alpha value is -0.510. The number of anilines is 1. The van der Waals surface area contributed by atoms with Crippen molar-refractivity contribution in [2.75, 3.05) is 5.73 Å². The van der Waals surface area contributed by atoms with Crippen molar-refractivity contribution in [2.24, 2.45) is 0 Å². The highest BCUT2D eigenvalue weighted by molar-refractivity contribution is 9.10. The van der Waals surface area contributed by atoms with Gasteiger partial charge in [-0.15, -0.1) is 0 Å². The minimum atomic E-state index is 0.0385. The zero-order valence-corrected chi connectivity index (χ0v) is 11.8. The third kappa shape index (κ3) is 1.99. The molecule has 0 unspecified atom stereocenters. The Morgan fingerprint density at radius 2 is 1.88 bits per heavy atom. The van der Waals surface area contributed by atoms with E-state index in [1.54, 1.807) is 0 Å². The topological polar surface area (TPSA) is 43.8 Å². The van der Waals surface area contributed by atoms with Gasteiger partial charge in [0.1, 0.15) is 5.82 Å². The summed E-state index contributed by atoms with van der Waals surface area (Å²) in [5.74, 6) is 0.789. The molecule has 4 heteroatoms. The molecule has 1 aliphatic rings. The fourth-order valence-electron chi connectivity index (χ4n) is 2.33. The maximum atomic E-state index is 6.13. The summed E-state index contributed by atoms with van der Waals surface area (Å²) in [5.41, 5.74) is 7.24. The van der Waals surface area contributed by atoms with E-state index in [9.17, 15) is 0 Å². The van der Waals surface area contributed by atoms with E-state index in [0.29, 0.717) is 6.04 Å². The Morgan fingerprint density at radius 1 is 1.31 bits per heavy atom. The molecule has 0 atom stereocenters. The van der Waals surface area contributed by atoms with Crippen LogP contribution < -0.4 is 5.73 Å². The van der Waals surface area contributed by atoms with Gasteiger partial charge in [0.2, 0.25) is 0 Å². The Kier molecular flexibility index (Phi) is 3.03. The third-order valence-corrected chi connectivity index (χ3v) is 4.05. The normalized spacial score (nSPS) is 18.2. The summed E-state index contributed by atoms with van der Waals surface area (Å²) in [4.78, 5) is 0. The van der Waals surface area contributed by atoms with Crippen LogP contribution in [0.4, 0.5) is 5.82 Å². The number of nitrogens with two attached hydrogens (primary N) is 1. The van der Waals surface area contributed by atoms with Crippen LogP contribution in [-0.4, -0.2) is 9.78 Å². The van der Waals surface area contributed by atoms with E-state index in [-0.39, 0.29) is 5.41 Å². The van der Waals surface area contributed by atoms with Gasteiger partial charge in [0, 0.05) is 5.41 Å². The molecular formula is C12H20BrN3. The van der Waals surface area contributed by atoms with Crippen LogP contribution in [0.15, 0.2) is 4.47 Å². The van der Waals surface area contributed by atoms with E-state index in [0.717, 1.165) is 16.0 Å². The number of aromatic nitrogens is 2. The molecule has 0 radical (unpaired) electrons. The highest BCUT2D eigenvalue weighted by Crippen LogP contribution is 2.38. The molecule has 1 aromatic rings. The second kappa shape index (κ2) is 4.06. The first-order chi connectivity index (χ1) is 7.41. The van der Waals surface area contributed by atoms with Gasteiger partial charge in [0.15, 0.2) is 0 Å². The first-order valence-electron chi connectivity index (χ1n) is 5.95. The van der Waals surface area contributed by atoms with Gasteiger partial charge >= 0.3 is 0 Å². The summed E-state index contributed by atoms with van der Waals surface area (Å²) in [5, 5.41) is 4.71. The van der Waals surface area contributed by atoms with Gasteiger partial charge in [-0.2, -0.15) is 5.10 Å². The molecule has 1 aliphatic carbocycles. The number of halogens is 1. The molecule has 1 fully saturated rings. The van der Waals surface area contributed by atoms with Crippen LogP contribution in [0.3, 0.4) is 0 Å². The summed E-state index contributed by atoms with van der Waals surface area (Å²) < 4.78 is 3.00. The van der Waals surface area contributed by atoms with Crippen LogP contribution in [0, 0.1) is 0 Å². The Morgan fingerprint density at radius 3 is 2.31 bits per heavy atom. The van der Waals surface area contributed by atoms with Gasteiger partial charge in [0.25, 0.3) is 0 Å². The smallest absolute Gasteiger partial charge is 0.136 e. The van der Waals surface area contributed by atoms with Crippen molar-refractivity contribution in [3.63, 3.8) is 0 Å². The molecule has 0 bridgehead atoms. The van der Waals surface area contributed by atoms with Crippen LogP contribution in [-0.2, 0) is 5.41 Å². The number of rotatable bonds is 1. The van der Waals surface area contributed by atoms with E-state index in [4.69, 9.17) is 10.8 Å². The molecule has 0 saturated heterocycles. The number of hydrogen-bond acceptors (Lipinski definition) is 2. The highest BCUT2D eigenvalue weighted by Gasteiger charge is 2.28. The van der Waals surface area contributed by atoms with E-state index < -0.39 is 0 Å². The fourth-order valence-corrected chi connectivity index (χ4v) is 3.19. The molecule has 2 rings (SSSR count). The van der Waals surface area contributed by atoms with Crippen molar-refractivity contribution in [3.05, 3.63) is 10.2 Å². The van der Waals surface area contributed by atoms with Crippen LogP contribution >= 0.6 is 15.9 Å². The van der Waals surface area contributed by atoms with Gasteiger partial charge in [-0.05, 0) is 28.8 Å². The lowest BCUT2D eigenvalue weighted by Crippen LogP contribution is -2.15. The van der Waals surface area contributed by atoms with Crippen molar-refractivity contribution in [1.82, 2.24) is 9.78 Å². The Labute approximate surface area is 106 Å². The predicted octanol–water partition coefficient (Wildman–Crippen LogP) is 3.64. The molecule has 1 heterocycles. The average Bonchev–Trinajstić information content (AvgIpc) is 2.75. The molecule has 0 amide bonds. The minimum Gasteiger partial charge on any atom is -0.383 e. The summed E-state index contributed by atoms with van der Waals surface area (Å²) in [6.45, 7) is 6.50. The second-order valence-electron chi connectivity index (χ2n) is 5.68. The van der Waals surface area contributed by atoms with Gasteiger partial charge in [-0.3, -0.25) is 0 Å². The summed E-state index contributed by atoms with van der Waals surface area (Å²) in [7, 11) is 0. The highest BCUT2D eigenvalue weighted by atomic mass is 79.9. The monoisotopic (exact) mass is 285 g/mol. The quantitative estimate of drug-likeness (QED) is 0.856. The number of nitrogen functional groups attached to an aromatic ring is 1. The van der Waals surface area contributed by atoms with E-state index in [1.165, 1.54) is 25.7 Å². The van der Waals surface area contributed by atoms with Crippen molar-refractivity contribution in [2.45, 2.75) is 57.9 Å². The lowest BCUT2D eigenvalue weighted by molar-refractivity contribution is 0.454.